The van der Waals surface area contributed by atoms with Crippen LogP contribution in [0, 0.1) is 20.8 Å². The molecule has 0 fully saturated rings. The summed E-state index contributed by atoms with van der Waals surface area (Å²) in [7, 11) is 1.86. The Balaban J connectivity index is 1.42. The molecule has 1 heterocycles. The molecule has 0 aliphatic heterocycles. The fraction of sp³-hybridized carbons (Fsp3) is 0.185. The third-order valence-electron chi connectivity index (χ3n) is 5.59. The molecular weight excluding hydrogens is 458 g/mol. The number of aryl methyl sites for hydroxylation is 3. The van der Waals surface area contributed by atoms with Gasteiger partial charge in [0.1, 0.15) is 0 Å². The number of thioether (sulfide) groups is 1. The Morgan fingerprint density at radius 1 is 0.886 bits per heavy atom. The van der Waals surface area contributed by atoms with Gasteiger partial charge in [-0.3, -0.25) is 9.59 Å². The molecule has 8 heteroatoms. The van der Waals surface area contributed by atoms with Crippen molar-refractivity contribution in [1.82, 2.24) is 14.8 Å². The van der Waals surface area contributed by atoms with Gasteiger partial charge in [0.15, 0.2) is 11.0 Å². The molecule has 2 amide bonds. The van der Waals surface area contributed by atoms with E-state index in [4.69, 9.17) is 0 Å². The maximum absolute atomic E-state index is 12.7. The van der Waals surface area contributed by atoms with Crippen LogP contribution >= 0.6 is 11.8 Å². The first-order valence-corrected chi connectivity index (χ1v) is 12.2. The van der Waals surface area contributed by atoms with Crippen molar-refractivity contribution >= 4 is 35.0 Å². The second-order valence-corrected chi connectivity index (χ2v) is 9.31. The summed E-state index contributed by atoms with van der Waals surface area (Å²) in [5, 5.41) is 15.1. The number of aromatic nitrogens is 3. The molecule has 1 aromatic heterocycles. The highest BCUT2D eigenvalue weighted by molar-refractivity contribution is 7.99. The van der Waals surface area contributed by atoms with Gasteiger partial charge in [0.25, 0.3) is 5.91 Å². The minimum Gasteiger partial charge on any atom is -0.325 e. The van der Waals surface area contributed by atoms with Gasteiger partial charge in [-0.05, 0) is 56.2 Å². The SMILES string of the molecule is Cc1ccc(NC(=O)CSc2nnc(-c3cccc(NC(=O)c4ccccc4C)c3)n2C)c(C)c1. The first kappa shape index (κ1) is 24.2. The van der Waals surface area contributed by atoms with Crippen LogP contribution in [0.1, 0.15) is 27.0 Å². The van der Waals surface area contributed by atoms with Crippen molar-refractivity contribution < 1.29 is 9.59 Å². The molecule has 178 valence electrons. The minimum atomic E-state index is -0.163. The molecule has 0 atom stereocenters. The summed E-state index contributed by atoms with van der Waals surface area (Å²) >= 11 is 1.32. The number of carbonyl (C=O) groups is 2. The molecule has 0 saturated carbocycles. The topological polar surface area (TPSA) is 88.9 Å². The van der Waals surface area contributed by atoms with E-state index in [1.54, 1.807) is 6.07 Å². The lowest BCUT2D eigenvalue weighted by Crippen LogP contribution is -2.15. The zero-order valence-corrected chi connectivity index (χ0v) is 20.9. The number of carbonyl (C=O) groups excluding carboxylic acids is 2. The van der Waals surface area contributed by atoms with E-state index in [0.717, 1.165) is 27.9 Å². The van der Waals surface area contributed by atoms with Gasteiger partial charge in [-0.25, -0.2) is 0 Å². The normalized spacial score (nSPS) is 10.7. The Kier molecular flexibility index (Phi) is 7.31. The molecule has 4 aromatic rings. The zero-order chi connectivity index (χ0) is 24.9. The van der Waals surface area contributed by atoms with E-state index in [1.165, 1.54) is 11.8 Å². The second-order valence-electron chi connectivity index (χ2n) is 8.37. The van der Waals surface area contributed by atoms with E-state index in [-0.39, 0.29) is 17.6 Å². The molecular formula is C27H27N5O2S. The third kappa shape index (κ3) is 5.78. The number of nitrogens with zero attached hydrogens (tertiary/aromatic N) is 3. The van der Waals surface area contributed by atoms with Crippen LogP contribution in [-0.2, 0) is 11.8 Å². The Labute approximate surface area is 209 Å². The zero-order valence-electron chi connectivity index (χ0n) is 20.1. The van der Waals surface area contributed by atoms with Gasteiger partial charge < -0.3 is 15.2 Å². The first-order valence-electron chi connectivity index (χ1n) is 11.2. The van der Waals surface area contributed by atoms with Crippen LogP contribution in [0.3, 0.4) is 0 Å². The number of hydrogen-bond donors (Lipinski definition) is 2. The van der Waals surface area contributed by atoms with Gasteiger partial charge in [0, 0.05) is 29.5 Å². The summed E-state index contributed by atoms with van der Waals surface area (Å²) in [6.07, 6.45) is 0. The van der Waals surface area contributed by atoms with Crippen LogP contribution in [0.15, 0.2) is 71.9 Å². The maximum atomic E-state index is 12.7. The lowest BCUT2D eigenvalue weighted by molar-refractivity contribution is -0.113. The summed E-state index contributed by atoms with van der Waals surface area (Å²) in [4.78, 5) is 25.2. The predicted octanol–water partition coefficient (Wildman–Crippen LogP) is 5.39. The molecule has 0 aliphatic carbocycles. The van der Waals surface area contributed by atoms with Crippen molar-refractivity contribution in [3.8, 4) is 11.4 Å². The molecule has 3 aromatic carbocycles. The van der Waals surface area contributed by atoms with Gasteiger partial charge in [0.2, 0.25) is 5.91 Å². The fourth-order valence-electron chi connectivity index (χ4n) is 3.72. The lowest BCUT2D eigenvalue weighted by Gasteiger charge is -2.10. The Bertz CT molecular complexity index is 1400. The summed E-state index contributed by atoms with van der Waals surface area (Å²) in [5.41, 5.74) is 6.02. The number of hydrogen-bond acceptors (Lipinski definition) is 5. The Morgan fingerprint density at radius 3 is 2.46 bits per heavy atom. The average molecular weight is 486 g/mol. The van der Waals surface area contributed by atoms with Crippen molar-refractivity contribution in [3.63, 3.8) is 0 Å². The van der Waals surface area contributed by atoms with Crippen molar-refractivity contribution in [2.75, 3.05) is 16.4 Å². The van der Waals surface area contributed by atoms with E-state index < -0.39 is 0 Å². The molecule has 2 N–H and O–H groups in total. The number of amides is 2. The molecule has 0 spiro atoms. The minimum absolute atomic E-state index is 0.104. The van der Waals surface area contributed by atoms with Crippen LogP contribution < -0.4 is 10.6 Å². The molecule has 0 saturated heterocycles. The monoisotopic (exact) mass is 485 g/mol. The van der Waals surface area contributed by atoms with Gasteiger partial charge in [0.05, 0.1) is 5.75 Å². The summed E-state index contributed by atoms with van der Waals surface area (Å²) < 4.78 is 1.84. The van der Waals surface area contributed by atoms with Crippen LogP contribution in [-0.4, -0.2) is 32.3 Å². The first-order chi connectivity index (χ1) is 16.8. The van der Waals surface area contributed by atoms with Crippen LogP contribution in [0.4, 0.5) is 11.4 Å². The van der Waals surface area contributed by atoms with Crippen molar-refractivity contribution in [2.45, 2.75) is 25.9 Å². The van der Waals surface area contributed by atoms with Crippen LogP contribution in [0.25, 0.3) is 11.4 Å². The highest BCUT2D eigenvalue weighted by Gasteiger charge is 2.15. The maximum Gasteiger partial charge on any atom is 0.255 e. The van der Waals surface area contributed by atoms with E-state index in [2.05, 4.69) is 20.8 Å². The van der Waals surface area contributed by atoms with Gasteiger partial charge in [-0.15, -0.1) is 10.2 Å². The number of benzene rings is 3. The number of rotatable bonds is 7. The van der Waals surface area contributed by atoms with E-state index >= 15 is 0 Å². The summed E-state index contributed by atoms with van der Waals surface area (Å²) in [6, 6.07) is 20.9. The summed E-state index contributed by atoms with van der Waals surface area (Å²) in [6.45, 7) is 5.91. The molecule has 7 nitrogen and oxygen atoms in total. The standard InChI is InChI=1S/C27H27N5O2S/c1-17-12-13-23(19(3)14-17)29-24(33)16-35-27-31-30-25(32(27)4)20-9-7-10-21(15-20)28-26(34)22-11-6-5-8-18(22)2/h5-15H,16H2,1-4H3,(H,28,34)(H,29,33). The Hall–Kier alpha value is -3.91. The summed E-state index contributed by atoms with van der Waals surface area (Å²) in [5.74, 6) is 0.595. The van der Waals surface area contributed by atoms with Gasteiger partial charge in [-0.1, -0.05) is 59.8 Å². The largest absolute Gasteiger partial charge is 0.325 e. The van der Waals surface area contributed by atoms with E-state index in [0.29, 0.717) is 22.2 Å². The van der Waals surface area contributed by atoms with Crippen LogP contribution in [0.2, 0.25) is 0 Å². The predicted molar refractivity (Wildman–Crippen MR) is 141 cm³/mol. The van der Waals surface area contributed by atoms with Gasteiger partial charge >= 0.3 is 0 Å². The van der Waals surface area contributed by atoms with E-state index in [9.17, 15) is 9.59 Å². The molecule has 0 radical (unpaired) electrons. The highest BCUT2D eigenvalue weighted by Crippen LogP contribution is 2.25. The number of anilines is 2. The highest BCUT2D eigenvalue weighted by atomic mass is 32.2. The third-order valence-corrected chi connectivity index (χ3v) is 6.61. The van der Waals surface area contributed by atoms with Crippen molar-refractivity contribution in [2.24, 2.45) is 7.05 Å². The molecule has 4 rings (SSSR count). The molecule has 0 unspecified atom stereocenters. The van der Waals surface area contributed by atoms with Crippen LogP contribution in [0.5, 0.6) is 0 Å². The second kappa shape index (κ2) is 10.6. The molecule has 0 bridgehead atoms. The quantitative estimate of drug-likeness (QED) is 0.343. The smallest absolute Gasteiger partial charge is 0.255 e. The van der Waals surface area contributed by atoms with E-state index in [1.807, 2.05) is 93.0 Å². The van der Waals surface area contributed by atoms with Gasteiger partial charge in [-0.2, -0.15) is 0 Å². The average Bonchev–Trinajstić information content (AvgIpc) is 3.20. The lowest BCUT2D eigenvalue weighted by atomic mass is 10.1. The molecule has 0 aliphatic rings. The molecule has 35 heavy (non-hydrogen) atoms. The Morgan fingerprint density at radius 2 is 1.69 bits per heavy atom. The van der Waals surface area contributed by atoms with Crippen molar-refractivity contribution in [3.05, 3.63) is 89.0 Å². The van der Waals surface area contributed by atoms with Crippen molar-refractivity contribution in [1.29, 1.82) is 0 Å². The fourth-order valence-corrected chi connectivity index (χ4v) is 4.44. The number of nitrogens with one attached hydrogen (secondary N) is 2.